The normalized spacial score (nSPS) is 12.0. The lowest BCUT2D eigenvalue weighted by atomic mass is 10.1. The van der Waals surface area contributed by atoms with Crippen molar-refractivity contribution in [3.63, 3.8) is 0 Å². The van der Waals surface area contributed by atoms with Gasteiger partial charge in [-0.1, -0.05) is 35.9 Å². The fourth-order valence-electron chi connectivity index (χ4n) is 2.56. The Morgan fingerprint density at radius 1 is 1.12 bits per heavy atom. The highest BCUT2D eigenvalue weighted by Gasteiger charge is 2.17. The Hall–Kier alpha value is -2.86. The molecule has 0 saturated heterocycles. The molecule has 0 spiro atoms. The van der Waals surface area contributed by atoms with Crippen LogP contribution in [0.15, 0.2) is 42.5 Å². The Morgan fingerprint density at radius 2 is 1.88 bits per heavy atom. The number of H-pyrrole nitrogens is 1. The molecular weight excluding hydrogens is 316 g/mol. The highest BCUT2D eigenvalue weighted by Crippen LogP contribution is 2.31. The summed E-state index contributed by atoms with van der Waals surface area (Å²) in [6.45, 7) is 4.55. The molecule has 0 bridgehead atoms. The van der Waals surface area contributed by atoms with Gasteiger partial charge in [0.05, 0.1) is 19.8 Å². The van der Waals surface area contributed by atoms with E-state index in [1.54, 1.807) is 7.11 Å². The van der Waals surface area contributed by atoms with Crippen LogP contribution in [0, 0.1) is 6.92 Å². The van der Waals surface area contributed by atoms with Crippen molar-refractivity contribution >= 4 is 0 Å². The second kappa shape index (κ2) is 7.36. The Balaban J connectivity index is 1.86. The molecule has 0 unspecified atom stereocenters. The summed E-state index contributed by atoms with van der Waals surface area (Å²) >= 11 is 0. The maximum atomic E-state index is 6.35. The average Bonchev–Trinajstić information content (AvgIpc) is 3.12. The second-order valence-electron chi connectivity index (χ2n) is 5.73. The van der Waals surface area contributed by atoms with E-state index in [4.69, 9.17) is 15.2 Å². The fraction of sp³-hybridized carbons (Fsp3) is 0.263. The molecule has 0 aliphatic rings. The molecule has 0 amide bonds. The van der Waals surface area contributed by atoms with Crippen molar-refractivity contribution in [3.05, 3.63) is 59.4 Å². The van der Waals surface area contributed by atoms with Crippen molar-refractivity contribution in [2.75, 3.05) is 13.7 Å². The zero-order valence-electron chi connectivity index (χ0n) is 14.6. The van der Waals surface area contributed by atoms with Gasteiger partial charge in [-0.25, -0.2) is 4.98 Å². The summed E-state index contributed by atoms with van der Waals surface area (Å²) in [7, 11) is 1.61. The molecule has 0 saturated carbocycles. The first-order valence-corrected chi connectivity index (χ1v) is 8.18. The van der Waals surface area contributed by atoms with Gasteiger partial charge >= 0.3 is 0 Å². The van der Waals surface area contributed by atoms with Crippen LogP contribution in [0.5, 0.6) is 11.5 Å². The summed E-state index contributed by atoms with van der Waals surface area (Å²) < 4.78 is 10.9. The Bertz CT molecular complexity index is 843. The number of aromatic amines is 1. The number of methoxy groups -OCH3 is 1. The van der Waals surface area contributed by atoms with Gasteiger partial charge in [0.25, 0.3) is 0 Å². The highest BCUT2D eigenvalue weighted by atomic mass is 16.5. The van der Waals surface area contributed by atoms with E-state index >= 15 is 0 Å². The molecule has 130 valence electrons. The number of aromatic nitrogens is 3. The smallest absolute Gasteiger partial charge is 0.181 e. The summed E-state index contributed by atoms with van der Waals surface area (Å²) in [6, 6.07) is 13.2. The second-order valence-corrected chi connectivity index (χ2v) is 5.73. The summed E-state index contributed by atoms with van der Waals surface area (Å²) in [5.74, 6) is 2.57. The summed E-state index contributed by atoms with van der Waals surface area (Å²) in [4.78, 5) is 4.54. The van der Waals surface area contributed by atoms with Crippen LogP contribution in [0.1, 0.15) is 29.9 Å². The van der Waals surface area contributed by atoms with Crippen molar-refractivity contribution in [1.29, 1.82) is 0 Å². The number of aryl methyl sites for hydroxylation is 1. The molecule has 3 rings (SSSR count). The quantitative estimate of drug-likeness (QED) is 0.720. The van der Waals surface area contributed by atoms with Crippen molar-refractivity contribution in [2.45, 2.75) is 19.9 Å². The van der Waals surface area contributed by atoms with Gasteiger partial charge < -0.3 is 15.2 Å². The van der Waals surface area contributed by atoms with Crippen molar-refractivity contribution < 1.29 is 9.47 Å². The molecule has 3 N–H and O–H groups in total. The van der Waals surface area contributed by atoms with E-state index in [0.29, 0.717) is 29.8 Å². The fourth-order valence-corrected chi connectivity index (χ4v) is 2.56. The number of hydrogen-bond acceptors (Lipinski definition) is 5. The Labute approximate surface area is 147 Å². The number of rotatable bonds is 6. The third-order valence-electron chi connectivity index (χ3n) is 3.95. The zero-order chi connectivity index (χ0) is 17.8. The van der Waals surface area contributed by atoms with Gasteiger partial charge in [-0.3, -0.25) is 5.10 Å². The predicted molar refractivity (Wildman–Crippen MR) is 96.7 cm³/mol. The largest absolute Gasteiger partial charge is 0.493 e. The number of hydrogen-bond donors (Lipinski definition) is 2. The lowest BCUT2D eigenvalue weighted by molar-refractivity contribution is 0.310. The van der Waals surface area contributed by atoms with E-state index < -0.39 is 6.04 Å². The average molecular weight is 338 g/mol. The molecular formula is C19H22N4O2. The summed E-state index contributed by atoms with van der Waals surface area (Å²) in [5, 5.41) is 7.22. The molecule has 25 heavy (non-hydrogen) atoms. The van der Waals surface area contributed by atoms with Gasteiger partial charge in [0.15, 0.2) is 17.3 Å². The van der Waals surface area contributed by atoms with Crippen LogP contribution in [0.4, 0.5) is 0 Å². The number of ether oxygens (including phenoxy) is 2. The zero-order valence-corrected chi connectivity index (χ0v) is 14.6. The first-order valence-electron chi connectivity index (χ1n) is 8.18. The van der Waals surface area contributed by atoms with Crippen LogP contribution in [-0.2, 0) is 0 Å². The minimum atomic E-state index is -0.434. The van der Waals surface area contributed by atoms with Crippen molar-refractivity contribution in [1.82, 2.24) is 15.2 Å². The molecule has 0 radical (unpaired) electrons. The predicted octanol–water partition coefficient (Wildman–Crippen LogP) is 3.24. The third kappa shape index (κ3) is 3.64. The van der Waals surface area contributed by atoms with Crippen LogP contribution < -0.4 is 15.2 Å². The molecule has 2 aromatic carbocycles. The van der Waals surface area contributed by atoms with Gasteiger partial charge in [0.1, 0.15) is 5.82 Å². The molecule has 3 aromatic rings. The molecule has 6 nitrogen and oxygen atoms in total. The highest BCUT2D eigenvalue weighted by molar-refractivity contribution is 5.55. The summed E-state index contributed by atoms with van der Waals surface area (Å²) in [6.07, 6.45) is 0. The van der Waals surface area contributed by atoms with Crippen molar-refractivity contribution in [2.24, 2.45) is 5.73 Å². The van der Waals surface area contributed by atoms with E-state index in [1.165, 1.54) is 5.56 Å². The number of benzene rings is 2. The number of nitrogens with one attached hydrogen (secondary N) is 1. The first-order chi connectivity index (χ1) is 12.1. The maximum absolute atomic E-state index is 6.35. The van der Waals surface area contributed by atoms with Crippen molar-refractivity contribution in [3.8, 4) is 22.9 Å². The molecule has 1 atom stereocenters. The maximum Gasteiger partial charge on any atom is 0.181 e. The molecule has 0 aliphatic carbocycles. The van der Waals surface area contributed by atoms with Gasteiger partial charge in [-0.05, 0) is 31.5 Å². The van der Waals surface area contributed by atoms with Crippen LogP contribution >= 0.6 is 0 Å². The lowest BCUT2D eigenvalue weighted by Crippen LogP contribution is -2.14. The van der Waals surface area contributed by atoms with E-state index in [0.717, 1.165) is 11.1 Å². The minimum absolute atomic E-state index is 0.434. The van der Waals surface area contributed by atoms with Gasteiger partial charge in [-0.2, -0.15) is 5.10 Å². The molecule has 6 heteroatoms. The van der Waals surface area contributed by atoms with Crippen LogP contribution in [-0.4, -0.2) is 28.9 Å². The Morgan fingerprint density at radius 3 is 2.56 bits per heavy atom. The third-order valence-corrected chi connectivity index (χ3v) is 3.95. The standard InChI is InChI=1S/C19H22N4O2/c1-4-25-15-10-9-14(11-16(15)24-3)17(20)19-21-18(22-23-19)13-7-5-12(2)6-8-13/h5-11,17H,4,20H2,1-3H3,(H,21,22,23)/t17-/m1/s1. The van der Waals surface area contributed by atoms with E-state index in [1.807, 2.05) is 56.3 Å². The van der Waals surface area contributed by atoms with E-state index in [9.17, 15) is 0 Å². The Kier molecular flexibility index (Phi) is 5.00. The molecule has 0 fully saturated rings. The van der Waals surface area contributed by atoms with E-state index in [2.05, 4.69) is 15.2 Å². The van der Waals surface area contributed by atoms with Gasteiger partial charge in [0, 0.05) is 5.56 Å². The number of nitrogens with zero attached hydrogens (tertiary/aromatic N) is 2. The SMILES string of the molecule is CCOc1ccc([C@@H](N)c2nc(-c3ccc(C)cc3)n[nH]2)cc1OC. The lowest BCUT2D eigenvalue weighted by Gasteiger charge is -2.13. The van der Waals surface area contributed by atoms with Crippen LogP contribution in [0.3, 0.4) is 0 Å². The minimum Gasteiger partial charge on any atom is -0.493 e. The van der Waals surface area contributed by atoms with Gasteiger partial charge in [0.2, 0.25) is 0 Å². The molecule has 1 heterocycles. The molecule has 1 aromatic heterocycles. The van der Waals surface area contributed by atoms with E-state index in [-0.39, 0.29) is 0 Å². The van der Waals surface area contributed by atoms with Crippen LogP contribution in [0.25, 0.3) is 11.4 Å². The van der Waals surface area contributed by atoms with Crippen LogP contribution in [0.2, 0.25) is 0 Å². The monoisotopic (exact) mass is 338 g/mol. The molecule has 0 aliphatic heterocycles. The first kappa shape index (κ1) is 17.0. The topological polar surface area (TPSA) is 86.0 Å². The number of nitrogens with two attached hydrogens (primary N) is 1. The summed E-state index contributed by atoms with van der Waals surface area (Å²) in [5.41, 5.74) is 9.36. The van der Waals surface area contributed by atoms with Gasteiger partial charge in [-0.15, -0.1) is 0 Å².